The number of rotatable bonds is 3. The molecule has 0 atom stereocenters. The molecule has 1 aromatic carbocycles. The van der Waals surface area contributed by atoms with Gasteiger partial charge in [0.2, 0.25) is 11.2 Å². The fourth-order valence-corrected chi connectivity index (χ4v) is 1.94. The summed E-state index contributed by atoms with van der Waals surface area (Å²) >= 11 is 5.82. The van der Waals surface area contributed by atoms with Gasteiger partial charge in [0, 0.05) is 11.8 Å². The van der Waals surface area contributed by atoms with Gasteiger partial charge in [-0.05, 0) is 36.1 Å². The largest absolute Gasteiger partial charge is 0.439 e. The minimum absolute atomic E-state index is 0.201. The Morgan fingerprint density at radius 3 is 2.56 bits per heavy atom. The topological polar surface area (TPSA) is 35.0 Å². The van der Waals surface area contributed by atoms with Crippen LogP contribution in [0, 0.1) is 6.92 Å². The molecule has 2 rings (SSSR count). The zero-order valence-electron chi connectivity index (χ0n) is 10.6. The summed E-state index contributed by atoms with van der Waals surface area (Å²) in [4.78, 5) is 8.07. The predicted molar refractivity (Wildman–Crippen MR) is 72.4 cm³/mol. The molecular weight excluding hydrogens is 248 g/mol. The summed E-state index contributed by atoms with van der Waals surface area (Å²) in [6.45, 7) is 6.11. The van der Waals surface area contributed by atoms with Gasteiger partial charge >= 0.3 is 0 Å². The standard InChI is InChI=1S/C14H15ClN2O/c1-9(2)11-6-4-5-7-12(11)18-13-8-10(3)16-14(15)17-13/h4-9H,1-3H3. The maximum atomic E-state index is 5.82. The van der Waals surface area contributed by atoms with Gasteiger partial charge in [-0.15, -0.1) is 0 Å². The van der Waals surface area contributed by atoms with Gasteiger partial charge in [0.25, 0.3) is 0 Å². The molecule has 1 aromatic heterocycles. The van der Waals surface area contributed by atoms with E-state index in [-0.39, 0.29) is 5.28 Å². The Balaban J connectivity index is 2.34. The van der Waals surface area contributed by atoms with Crippen molar-refractivity contribution in [1.29, 1.82) is 0 Å². The van der Waals surface area contributed by atoms with Gasteiger partial charge in [-0.2, -0.15) is 4.98 Å². The molecule has 1 heterocycles. The third-order valence-electron chi connectivity index (χ3n) is 2.56. The maximum Gasteiger partial charge on any atom is 0.225 e. The van der Waals surface area contributed by atoms with E-state index < -0.39 is 0 Å². The van der Waals surface area contributed by atoms with E-state index in [1.54, 1.807) is 6.07 Å². The normalized spacial score (nSPS) is 10.7. The van der Waals surface area contributed by atoms with Crippen molar-refractivity contribution in [3.63, 3.8) is 0 Å². The lowest BCUT2D eigenvalue weighted by Crippen LogP contribution is -1.96. The van der Waals surface area contributed by atoms with Crippen LogP contribution >= 0.6 is 11.6 Å². The number of benzene rings is 1. The van der Waals surface area contributed by atoms with E-state index in [0.717, 1.165) is 17.0 Å². The third kappa shape index (κ3) is 2.99. The lowest BCUT2D eigenvalue weighted by molar-refractivity contribution is 0.452. The number of ether oxygens (including phenoxy) is 1. The van der Waals surface area contributed by atoms with Crippen molar-refractivity contribution >= 4 is 11.6 Å². The molecular formula is C14H15ClN2O. The molecule has 18 heavy (non-hydrogen) atoms. The molecule has 0 aliphatic rings. The first-order chi connectivity index (χ1) is 8.56. The minimum Gasteiger partial charge on any atom is -0.439 e. The van der Waals surface area contributed by atoms with Gasteiger partial charge in [0.1, 0.15) is 5.75 Å². The second-order valence-electron chi connectivity index (χ2n) is 4.41. The number of para-hydroxylation sites is 1. The van der Waals surface area contributed by atoms with Gasteiger partial charge in [-0.1, -0.05) is 32.0 Å². The number of halogens is 1. The van der Waals surface area contributed by atoms with Crippen molar-refractivity contribution in [2.45, 2.75) is 26.7 Å². The van der Waals surface area contributed by atoms with Gasteiger partial charge < -0.3 is 4.74 Å². The summed E-state index contributed by atoms with van der Waals surface area (Å²) in [5.41, 5.74) is 1.93. The van der Waals surface area contributed by atoms with Crippen molar-refractivity contribution in [2.24, 2.45) is 0 Å². The van der Waals surface area contributed by atoms with Crippen LogP contribution in [0.3, 0.4) is 0 Å². The van der Waals surface area contributed by atoms with Crippen molar-refractivity contribution in [2.75, 3.05) is 0 Å². The first kappa shape index (κ1) is 12.8. The highest BCUT2D eigenvalue weighted by molar-refractivity contribution is 6.28. The molecule has 0 radical (unpaired) electrons. The Bertz CT molecular complexity index is 535. The molecule has 0 bridgehead atoms. The summed E-state index contributed by atoms with van der Waals surface area (Å²) in [6.07, 6.45) is 0. The lowest BCUT2D eigenvalue weighted by Gasteiger charge is -2.13. The highest BCUT2D eigenvalue weighted by Gasteiger charge is 2.09. The summed E-state index contributed by atoms with van der Waals surface area (Å²) in [5.74, 6) is 1.67. The minimum atomic E-state index is 0.201. The van der Waals surface area contributed by atoms with E-state index in [0.29, 0.717) is 11.8 Å². The van der Waals surface area contributed by atoms with Crippen LogP contribution in [0.25, 0.3) is 0 Å². The quantitative estimate of drug-likeness (QED) is 0.771. The van der Waals surface area contributed by atoms with Crippen molar-refractivity contribution in [1.82, 2.24) is 9.97 Å². The number of hydrogen-bond acceptors (Lipinski definition) is 3. The summed E-state index contributed by atoms with van der Waals surface area (Å²) in [5, 5.41) is 0.201. The van der Waals surface area contributed by atoms with Gasteiger partial charge in [-0.25, -0.2) is 4.98 Å². The molecule has 0 fully saturated rings. The number of aryl methyl sites for hydroxylation is 1. The second kappa shape index (κ2) is 5.36. The number of hydrogen-bond donors (Lipinski definition) is 0. The Morgan fingerprint density at radius 1 is 1.17 bits per heavy atom. The molecule has 0 aliphatic carbocycles. The first-order valence-electron chi connectivity index (χ1n) is 5.84. The monoisotopic (exact) mass is 262 g/mol. The fourth-order valence-electron chi connectivity index (χ4n) is 1.72. The summed E-state index contributed by atoms with van der Waals surface area (Å²) in [6, 6.07) is 9.69. The molecule has 3 nitrogen and oxygen atoms in total. The van der Waals surface area contributed by atoms with Crippen LogP contribution in [0.5, 0.6) is 11.6 Å². The summed E-state index contributed by atoms with van der Waals surface area (Å²) < 4.78 is 5.80. The maximum absolute atomic E-state index is 5.82. The van der Waals surface area contributed by atoms with E-state index >= 15 is 0 Å². The number of aromatic nitrogens is 2. The fraction of sp³-hybridized carbons (Fsp3) is 0.286. The zero-order valence-corrected chi connectivity index (χ0v) is 11.4. The predicted octanol–water partition coefficient (Wildman–Crippen LogP) is 4.35. The Morgan fingerprint density at radius 2 is 1.89 bits per heavy atom. The van der Waals surface area contributed by atoms with Crippen molar-refractivity contribution < 1.29 is 4.74 Å². The van der Waals surface area contributed by atoms with Crippen LogP contribution in [-0.2, 0) is 0 Å². The lowest BCUT2D eigenvalue weighted by atomic mass is 10.0. The highest BCUT2D eigenvalue weighted by Crippen LogP contribution is 2.29. The highest BCUT2D eigenvalue weighted by atomic mass is 35.5. The van der Waals surface area contributed by atoms with Crippen molar-refractivity contribution in [3.05, 3.63) is 46.9 Å². The molecule has 0 amide bonds. The molecule has 0 saturated carbocycles. The zero-order chi connectivity index (χ0) is 13.1. The van der Waals surface area contributed by atoms with Gasteiger partial charge in [0.05, 0.1) is 0 Å². The Hall–Kier alpha value is -1.61. The molecule has 0 aliphatic heterocycles. The van der Waals surface area contributed by atoms with E-state index in [1.165, 1.54) is 0 Å². The van der Waals surface area contributed by atoms with Gasteiger partial charge in [0.15, 0.2) is 0 Å². The molecule has 0 unspecified atom stereocenters. The van der Waals surface area contributed by atoms with Crippen molar-refractivity contribution in [3.8, 4) is 11.6 Å². The van der Waals surface area contributed by atoms with Crippen LogP contribution in [-0.4, -0.2) is 9.97 Å². The third-order valence-corrected chi connectivity index (χ3v) is 2.73. The van der Waals surface area contributed by atoms with Gasteiger partial charge in [-0.3, -0.25) is 0 Å². The smallest absolute Gasteiger partial charge is 0.225 e. The van der Waals surface area contributed by atoms with Crippen LogP contribution in [0.2, 0.25) is 5.28 Å². The molecule has 0 saturated heterocycles. The van der Waals surface area contributed by atoms with Crippen LogP contribution < -0.4 is 4.74 Å². The molecule has 0 N–H and O–H groups in total. The average molecular weight is 263 g/mol. The summed E-state index contributed by atoms with van der Waals surface area (Å²) in [7, 11) is 0. The molecule has 0 spiro atoms. The Kier molecular flexibility index (Phi) is 3.82. The molecule has 4 heteroatoms. The SMILES string of the molecule is Cc1cc(Oc2ccccc2C(C)C)nc(Cl)n1. The van der Waals surface area contributed by atoms with E-state index in [2.05, 4.69) is 29.9 Å². The second-order valence-corrected chi connectivity index (χ2v) is 4.75. The average Bonchev–Trinajstić information content (AvgIpc) is 2.27. The van der Waals surface area contributed by atoms with Crippen LogP contribution in [0.4, 0.5) is 0 Å². The Labute approximate surface area is 112 Å². The number of nitrogens with zero attached hydrogens (tertiary/aromatic N) is 2. The molecule has 94 valence electrons. The van der Waals surface area contributed by atoms with E-state index in [9.17, 15) is 0 Å². The van der Waals surface area contributed by atoms with E-state index in [4.69, 9.17) is 16.3 Å². The molecule has 2 aromatic rings. The van der Waals surface area contributed by atoms with Crippen LogP contribution in [0.1, 0.15) is 31.0 Å². The van der Waals surface area contributed by atoms with E-state index in [1.807, 2.05) is 25.1 Å². The van der Waals surface area contributed by atoms with Crippen LogP contribution in [0.15, 0.2) is 30.3 Å². The first-order valence-corrected chi connectivity index (χ1v) is 6.22.